The molecule has 0 atom stereocenters. The number of methoxy groups -OCH3 is 1. The lowest BCUT2D eigenvalue weighted by Gasteiger charge is -2.31. The largest absolute Gasteiger partial charge is 0.494 e. The van der Waals surface area contributed by atoms with Gasteiger partial charge in [-0.05, 0) is 55.8 Å². The van der Waals surface area contributed by atoms with Gasteiger partial charge >= 0.3 is 0 Å². The Bertz CT molecular complexity index is 1680. The Hall–Kier alpha value is -5.18. The minimum atomic E-state index is -0.294. The van der Waals surface area contributed by atoms with Crippen LogP contribution in [0.5, 0.6) is 11.5 Å². The van der Waals surface area contributed by atoms with Crippen LogP contribution in [0.2, 0.25) is 0 Å². The van der Waals surface area contributed by atoms with Crippen molar-refractivity contribution in [1.82, 2.24) is 9.97 Å². The fourth-order valence-electron chi connectivity index (χ4n) is 4.61. The lowest BCUT2D eigenvalue weighted by atomic mass is 10.1. The zero-order chi connectivity index (χ0) is 29.1. The summed E-state index contributed by atoms with van der Waals surface area (Å²) in [5.74, 6) is 1.54. The van der Waals surface area contributed by atoms with Gasteiger partial charge in [-0.25, -0.2) is 4.98 Å². The molecule has 0 spiro atoms. The molecule has 9 heteroatoms. The number of aromatic nitrogens is 2. The van der Waals surface area contributed by atoms with Crippen molar-refractivity contribution in [3.8, 4) is 11.5 Å². The maximum absolute atomic E-state index is 13.7. The van der Waals surface area contributed by atoms with Gasteiger partial charge in [-0.2, -0.15) is 4.98 Å². The molecule has 41 heavy (non-hydrogen) atoms. The number of nitrogens with zero attached hydrogens (tertiary/aromatic N) is 4. The fourth-order valence-corrected chi connectivity index (χ4v) is 4.61. The zero-order valence-electron chi connectivity index (χ0n) is 23.3. The van der Waals surface area contributed by atoms with Crippen molar-refractivity contribution in [3.63, 3.8) is 0 Å². The summed E-state index contributed by atoms with van der Waals surface area (Å²) >= 11 is 0. The van der Waals surface area contributed by atoms with Crippen LogP contribution in [-0.2, 0) is 16.1 Å². The minimum absolute atomic E-state index is 0.172. The molecule has 1 aliphatic rings. The summed E-state index contributed by atoms with van der Waals surface area (Å²) in [7, 11) is 1.59. The number of benzene rings is 3. The predicted octanol–water partition coefficient (Wildman–Crippen LogP) is 5.79. The van der Waals surface area contributed by atoms with Crippen LogP contribution < -0.4 is 24.6 Å². The third-order valence-corrected chi connectivity index (χ3v) is 6.63. The van der Waals surface area contributed by atoms with Crippen LogP contribution in [0.3, 0.4) is 0 Å². The van der Waals surface area contributed by atoms with E-state index in [1.165, 1.54) is 0 Å². The molecule has 0 radical (unpaired) electrons. The number of ether oxygens (including phenoxy) is 2. The van der Waals surface area contributed by atoms with Crippen LogP contribution in [-0.4, -0.2) is 42.0 Å². The van der Waals surface area contributed by atoms with Crippen LogP contribution in [0.15, 0.2) is 91.0 Å². The van der Waals surface area contributed by atoms with Crippen molar-refractivity contribution in [2.45, 2.75) is 20.4 Å². The number of amides is 2. The number of anilines is 4. The third-order valence-electron chi connectivity index (χ3n) is 6.63. The number of para-hydroxylation sites is 3. The maximum atomic E-state index is 13.7. The quantitative estimate of drug-likeness (QED) is 0.278. The van der Waals surface area contributed by atoms with Crippen molar-refractivity contribution in [3.05, 3.63) is 96.6 Å². The van der Waals surface area contributed by atoms with Gasteiger partial charge in [0.25, 0.3) is 11.8 Å². The molecule has 5 rings (SSSR count). The summed E-state index contributed by atoms with van der Waals surface area (Å²) in [6.45, 7) is 12.1. The maximum Gasteiger partial charge on any atom is 0.254 e. The smallest absolute Gasteiger partial charge is 0.254 e. The van der Waals surface area contributed by atoms with Crippen LogP contribution in [0.4, 0.5) is 23.1 Å². The van der Waals surface area contributed by atoms with Gasteiger partial charge in [-0.15, -0.1) is 0 Å². The average Bonchev–Trinajstić information content (AvgIpc) is 2.98. The van der Waals surface area contributed by atoms with E-state index in [2.05, 4.69) is 18.5 Å². The highest BCUT2D eigenvalue weighted by Gasteiger charge is 2.27. The molecule has 3 aromatic carbocycles. The van der Waals surface area contributed by atoms with Gasteiger partial charge in [0.2, 0.25) is 5.95 Å². The molecular formula is C32H31N5O4. The number of hydrogen-bond acceptors (Lipinski definition) is 7. The predicted molar refractivity (Wildman–Crippen MR) is 161 cm³/mol. The van der Waals surface area contributed by atoms with Crippen LogP contribution >= 0.6 is 0 Å². The van der Waals surface area contributed by atoms with E-state index >= 15 is 0 Å². The SMILES string of the molecule is C=C(C)C(=O)Nc1cccc(CN(C(=O)C(=C)C)c2nc(N3CCOc4ccccc43)nc3c(OC)cccc23)c1. The molecule has 208 valence electrons. The Labute approximate surface area is 238 Å². The summed E-state index contributed by atoms with van der Waals surface area (Å²) in [6, 6.07) is 20.6. The van der Waals surface area contributed by atoms with Crippen LogP contribution in [0.25, 0.3) is 10.9 Å². The van der Waals surface area contributed by atoms with E-state index in [0.717, 1.165) is 17.0 Å². The van der Waals surface area contributed by atoms with Gasteiger partial charge in [0, 0.05) is 22.2 Å². The summed E-state index contributed by atoms with van der Waals surface area (Å²) in [5.41, 5.74) is 3.53. The second kappa shape index (κ2) is 11.5. The van der Waals surface area contributed by atoms with Gasteiger partial charge in [-0.1, -0.05) is 43.5 Å². The van der Waals surface area contributed by atoms with E-state index in [0.29, 0.717) is 58.4 Å². The molecule has 0 saturated heterocycles. The fraction of sp³-hybridized carbons (Fsp3) is 0.188. The van der Waals surface area contributed by atoms with Crippen molar-refractivity contribution in [2.75, 3.05) is 35.4 Å². The van der Waals surface area contributed by atoms with Gasteiger partial charge in [-0.3, -0.25) is 14.5 Å². The summed E-state index contributed by atoms with van der Waals surface area (Å²) in [4.78, 5) is 39.4. The highest BCUT2D eigenvalue weighted by molar-refractivity contribution is 6.09. The number of hydrogen-bond donors (Lipinski definition) is 1. The molecule has 0 fully saturated rings. The molecular weight excluding hydrogens is 518 g/mol. The molecule has 2 heterocycles. The van der Waals surface area contributed by atoms with Crippen LogP contribution in [0, 0.1) is 0 Å². The van der Waals surface area contributed by atoms with E-state index in [4.69, 9.17) is 19.4 Å². The molecule has 0 saturated carbocycles. The zero-order valence-corrected chi connectivity index (χ0v) is 23.3. The lowest BCUT2D eigenvalue weighted by Crippen LogP contribution is -2.34. The van der Waals surface area contributed by atoms with Gasteiger partial charge in [0.05, 0.1) is 25.9 Å². The molecule has 9 nitrogen and oxygen atoms in total. The van der Waals surface area contributed by atoms with E-state index < -0.39 is 0 Å². The Balaban J connectivity index is 1.66. The molecule has 1 N–H and O–H groups in total. The second-order valence-electron chi connectivity index (χ2n) is 9.78. The second-order valence-corrected chi connectivity index (χ2v) is 9.78. The van der Waals surface area contributed by atoms with Gasteiger partial charge in [0.1, 0.15) is 29.4 Å². The topological polar surface area (TPSA) is 96.9 Å². The molecule has 0 bridgehead atoms. The van der Waals surface area contributed by atoms with Gasteiger partial charge < -0.3 is 19.7 Å². The molecule has 2 amide bonds. The number of nitrogens with one attached hydrogen (secondary N) is 1. The van der Waals surface area contributed by atoms with Crippen molar-refractivity contribution < 1.29 is 19.1 Å². The van der Waals surface area contributed by atoms with Crippen molar-refractivity contribution >= 4 is 45.9 Å². The standard InChI is InChI=1S/C32H31N5O4/c1-20(2)30(38)33-23-11-8-10-22(18-23)19-37(31(39)21(3)4)29-24-12-9-15-27(40-5)28(24)34-32(35-29)36-16-17-41-26-14-7-6-13-25(26)36/h6-15,18H,1,3,16-17,19H2,2,4-5H3,(H,33,38). The van der Waals surface area contributed by atoms with E-state index in [1.54, 1.807) is 31.9 Å². The van der Waals surface area contributed by atoms with Crippen molar-refractivity contribution in [2.24, 2.45) is 0 Å². The lowest BCUT2D eigenvalue weighted by molar-refractivity contribution is -0.115. The molecule has 1 aliphatic heterocycles. The minimum Gasteiger partial charge on any atom is -0.494 e. The number of rotatable bonds is 8. The molecule has 1 aromatic heterocycles. The Morgan fingerprint density at radius 3 is 2.56 bits per heavy atom. The van der Waals surface area contributed by atoms with E-state index in [9.17, 15) is 9.59 Å². The van der Waals surface area contributed by atoms with Crippen LogP contribution in [0.1, 0.15) is 19.4 Å². The Kier molecular flexibility index (Phi) is 7.69. The first kappa shape index (κ1) is 27.4. The molecule has 0 unspecified atom stereocenters. The monoisotopic (exact) mass is 549 g/mol. The first-order valence-corrected chi connectivity index (χ1v) is 13.1. The van der Waals surface area contributed by atoms with Gasteiger partial charge in [0.15, 0.2) is 0 Å². The Morgan fingerprint density at radius 1 is 1.02 bits per heavy atom. The molecule has 4 aromatic rings. The van der Waals surface area contributed by atoms with Crippen molar-refractivity contribution in [1.29, 1.82) is 0 Å². The summed E-state index contributed by atoms with van der Waals surface area (Å²) < 4.78 is 11.5. The number of carbonyl (C=O) groups excluding carboxylic acids is 2. The van der Waals surface area contributed by atoms with E-state index in [-0.39, 0.29) is 18.4 Å². The van der Waals surface area contributed by atoms with E-state index in [1.807, 2.05) is 65.6 Å². The third kappa shape index (κ3) is 5.60. The normalized spacial score (nSPS) is 12.2. The number of fused-ring (bicyclic) bond motifs is 2. The average molecular weight is 550 g/mol. The summed E-state index contributed by atoms with van der Waals surface area (Å²) in [6.07, 6.45) is 0. The first-order valence-electron chi connectivity index (χ1n) is 13.1. The summed E-state index contributed by atoms with van der Waals surface area (Å²) in [5, 5.41) is 3.48. The number of carbonyl (C=O) groups is 2. The highest BCUT2D eigenvalue weighted by atomic mass is 16.5. The molecule has 0 aliphatic carbocycles. The Morgan fingerprint density at radius 2 is 1.80 bits per heavy atom. The highest BCUT2D eigenvalue weighted by Crippen LogP contribution is 2.39. The first-order chi connectivity index (χ1) is 19.8.